The second-order valence-corrected chi connectivity index (χ2v) is 5.84. The highest BCUT2D eigenvalue weighted by atomic mass is 35.5. The number of hydrogen-bond donors (Lipinski definition) is 0. The first-order valence-electron chi connectivity index (χ1n) is 6.19. The Hall–Kier alpha value is -0.900. The Bertz CT molecular complexity index is 535. The van der Waals surface area contributed by atoms with Gasteiger partial charge in [-0.15, -0.1) is 0 Å². The number of amides is 1. The zero-order valence-electron chi connectivity index (χ0n) is 10.8. The molecule has 0 N–H and O–H groups in total. The van der Waals surface area contributed by atoms with Gasteiger partial charge in [-0.3, -0.25) is 4.79 Å². The van der Waals surface area contributed by atoms with Gasteiger partial charge in [0.15, 0.2) is 6.61 Å². The molecule has 108 valence electrons. The molecule has 1 aliphatic rings. The fraction of sp³-hybridized carbons (Fsp3) is 0.357. The van der Waals surface area contributed by atoms with Gasteiger partial charge in [0.25, 0.3) is 5.91 Å². The molecule has 20 heavy (non-hydrogen) atoms. The molecular weight excluding hydrogens is 321 g/mol. The van der Waals surface area contributed by atoms with Crippen LogP contribution in [0.25, 0.3) is 0 Å². The van der Waals surface area contributed by atoms with Crippen LogP contribution in [-0.2, 0) is 4.79 Å². The van der Waals surface area contributed by atoms with Crippen LogP contribution in [0.15, 0.2) is 24.3 Å². The number of hydrogen-bond acceptors (Lipinski definition) is 2. The first-order chi connectivity index (χ1) is 9.47. The molecule has 1 fully saturated rings. The van der Waals surface area contributed by atoms with E-state index in [2.05, 4.69) is 6.58 Å². The van der Waals surface area contributed by atoms with E-state index in [0.717, 1.165) is 12.8 Å². The van der Waals surface area contributed by atoms with Crippen LogP contribution in [0.1, 0.15) is 12.8 Å². The number of carbonyl (C=O) groups excluding carboxylic acids is 1. The average molecular weight is 335 g/mol. The summed E-state index contributed by atoms with van der Waals surface area (Å²) in [6, 6.07) is 3.01. The van der Waals surface area contributed by atoms with Crippen LogP contribution in [0.5, 0.6) is 5.75 Å². The maximum absolute atomic E-state index is 12.0. The number of benzene rings is 1. The Kier molecular flexibility index (Phi) is 5.19. The lowest BCUT2D eigenvalue weighted by atomic mass is 10.1. The number of carbonyl (C=O) groups is 1. The Balaban J connectivity index is 1.93. The first kappa shape index (κ1) is 15.5. The minimum Gasteiger partial charge on any atom is -0.482 e. The summed E-state index contributed by atoms with van der Waals surface area (Å²) < 4.78 is 5.43. The lowest BCUT2D eigenvalue weighted by molar-refractivity contribution is -0.133. The van der Waals surface area contributed by atoms with Crippen LogP contribution in [-0.4, -0.2) is 30.5 Å². The quantitative estimate of drug-likeness (QED) is 0.612. The molecule has 1 heterocycles. The van der Waals surface area contributed by atoms with Crippen LogP contribution in [0, 0.1) is 0 Å². The van der Waals surface area contributed by atoms with Crippen molar-refractivity contribution in [1.82, 2.24) is 4.90 Å². The maximum Gasteiger partial charge on any atom is 0.260 e. The summed E-state index contributed by atoms with van der Waals surface area (Å²) >= 11 is 17.7. The van der Waals surface area contributed by atoms with Crippen molar-refractivity contribution in [2.24, 2.45) is 0 Å². The van der Waals surface area contributed by atoms with Crippen molar-refractivity contribution >= 4 is 40.7 Å². The summed E-state index contributed by atoms with van der Waals surface area (Å²) in [6.45, 7) is 5.23. The number of piperidine rings is 1. The Morgan fingerprint density at radius 2 is 1.75 bits per heavy atom. The van der Waals surface area contributed by atoms with Crippen LogP contribution >= 0.6 is 34.8 Å². The molecule has 2 rings (SSSR count). The van der Waals surface area contributed by atoms with Gasteiger partial charge in [0.2, 0.25) is 0 Å². The molecule has 0 aromatic heterocycles. The third kappa shape index (κ3) is 3.81. The van der Waals surface area contributed by atoms with Crippen molar-refractivity contribution in [3.8, 4) is 5.75 Å². The van der Waals surface area contributed by atoms with Gasteiger partial charge in [0, 0.05) is 19.2 Å². The van der Waals surface area contributed by atoms with Crippen LogP contribution in [0.3, 0.4) is 0 Å². The van der Waals surface area contributed by atoms with E-state index in [9.17, 15) is 4.79 Å². The summed E-state index contributed by atoms with van der Waals surface area (Å²) in [4.78, 5) is 13.8. The van der Waals surface area contributed by atoms with Crippen molar-refractivity contribution in [2.45, 2.75) is 12.8 Å². The van der Waals surface area contributed by atoms with E-state index >= 15 is 0 Å². The van der Waals surface area contributed by atoms with E-state index in [0.29, 0.717) is 33.9 Å². The largest absolute Gasteiger partial charge is 0.482 e. The predicted molar refractivity (Wildman–Crippen MR) is 81.9 cm³/mol. The summed E-state index contributed by atoms with van der Waals surface area (Å²) in [5.41, 5.74) is 1.18. The minimum atomic E-state index is -0.0698. The molecule has 1 amide bonds. The van der Waals surface area contributed by atoms with Crippen molar-refractivity contribution < 1.29 is 9.53 Å². The SMILES string of the molecule is C=C1CCN(C(=O)COc2cc(Cl)c(Cl)cc2Cl)CC1. The lowest BCUT2D eigenvalue weighted by Crippen LogP contribution is -2.39. The smallest absolute Gasteiger partial charge is 0.260 e. The fourth-order valence-electron chi connectivity index (χ4n) is 1.92. The highest BCUT2D eigenvalue weighted by Gasteiger charge is 2.19. The molecular formula is C14H14Cl3NO2. The molecule has 0 saturated carbocycles. The molecule has 0 radical (unpaired) electrons. The predicted octanol–water partition coefficient (Wildman–Crippen LogP) is 4.20. The third-order valence-corrected chi connectivity index (χ3v) is 4.17. The van der Waals surface area contributed by atoms with E-state index in [1.807, 2.05) is 0 Å². The van der Waals surface area contributed by atoms with Crippen LogP contribution in [0.4, 0.5) is 0 Å². The van der Waals surface area contributed by atoms with Crippen molar-refractivity contribution in [3.63, 3.8) is 0 Å². The molecule has 0 spiro atoms. The summed E-state index contributed by atoms with van der Waals surface area (Å²) in [7, 11) is 0. The van der Waals surface area contributed by atoms with Gasteiger partial charge in [-0.1, -0.05) is 47.0 Å². The highest BCUT2D eigenvalue weighted by molar-refractivity contribution is 6.43. The lowest BCUT2D eigenvalue weighted by Gasteiger charge is -2.28. The number of nitrogens with zero attached hydrogens (tertiary/aromatic N) is 1. The normalized spacial score (nSPS) is 15.3. The Labute approximate surface area is 133 Å². The molecule has 3 nitrogen and oxygen atoms in total. The van der Waals surface area contributed by atoms with E-state index in [4.69, 9.17) is 39.5 Å². The second-order valence-electron chi connectivity index (χ2n) is 4.62. The molecule has 1 aromatic rings. The third-order valence-electron chi connectivity index (χ3n) is 3.15. The zero-order valence-corrected chi connectivity index (χ0v) is 13.1. The van der Waals surface area contributed by atoms with Gasteiger partial charge in [-0.2, -0.15) is 0 Å². The van der Waals surface area contributed by atoms with Gasteiger partial charge < -0.3 is 9.64 Å². The van der Waals surface area contributed by atoms with Crippen molar-refractivity contribution in [2.75, 3.05) is 19.7 Å². The zero-order chi connectivity index (χ0) is 14.7. The van der Waals surface area contributed by atoms with E-state index in [1.54, 1.807) is 4.90 Å². The van der Waals surface area contributed by atoms with E-state index in [1.165, 1.54) is 17.7 Å². The molecule has 1 saturated heterocycles. The Morgan fingerprint density at radius 3 is 2.40 bits per heavy atom. The molecule has 0 unspecified atom stereocenters. The van der Waals surface area contributed by atoms with Gasteiger partial charge in [0.05, 0.1) is 15.1 Å². The monoisotopic (exact) mass is 333 g/mol. The summed E-state index contributed by atoms with van der Waals surface area (Å²) in [5, 5.41) is 1.02. The average Bonchev–Trinajstić information content (AvgIpc) is 2.42. The highest BCUT2D eigenvalue weighted by Crippen LogP contribution is 2.33. The van der Waals surface area contributed by atoms with E-state index < -0.39 is 0 Å². The second kappa shape index (κ2) is 6.70. The molecule has 6 heteroatoms. The first-order valence-corrected chi connectivity index (χ1v) is 7.32. The van der Waals surface area contributed by atoms with Crippen LogP contribution < -0.4 is 4.74 Å². The summed E-state index contributed by atoms with van der Waals surface area (Å²) in [5.74, 6) is 0.287. The molecule has 1 aliphatic heterocycles. The van der Waals surface area contributed by atoms with Crippen molar-refractivity contribution in [1.29, 1.82) is 0 Å². The maximum atomic E-state index is 12.0. The van der Waals surface area contributed by atoms with E-state index in [-0.39, 0.29) is 12.5 Å². The van der Waals surface area contributed by atoms with Crippen LogP contribution in [0.2, 0.25) is 15.1 Å². The minimum absolute atomic E-state index is 0.0653. The van der Waals surface area contributed by atoms with Crippen molar-refractivity contribution in [3.05, 3.63) is 39.4 Å². The summed E-state index contributed by atoms with van der Waals surface area (Å²) in [6.07, 6.45) is 1.69. The number of halogens is 3. The number of ether oxygens (including phenoxy) is 1. The standard InChI is InChI=1S/C14H14Cl3NO2/c1-9-2-4-18(5-3-9)14(19)8-20-13-7-11(16)10(15)6-12(13)17/h6-7H,1-5,8H2. The molecule has 0 atom stereocenters. The van der Waals surface area contributed by atoms with Gasteiger partial charge >= 0.3 is 0 Å². The topological polar surface area (TPSA) is 29.5 Å². The molecule has 1 aromatic carbocycles. The van der Waals surface area contributed by atoms with Gasteiger partial charge in [0.1, 0.15) is 5.75 Å². The van der Waals surface area contributed by atoms with Gasteiger partial charge in [-0.25, -0.2) is 0 Å². The molecule has 0 aliphatic carbocycles. The fourth-order valence-corrected chi connectivity index (χ4v) is 2.51. The molecule has 0 bridgehead atoms. The Morgan fingerprint density at radius 1 is 1.15 bits per heavy atom. The number of likely N-dealkylation sites (tertiary alicyclic amines) is 1. The number of rotatable bonds is 3. The van der Waals surface area contributed by atoms with Gasteiger partial charge in [-0.05, 0) is 18.9 Å².